The molecule has 0 saturated heterocycles. The molecule has 0 aromatic carbocycles. The van der Waals surface area contributed by atoms with E-state index < -0.39 is 0 Å². The van der Waals surface area contributed by atoms with Crippen molar-refractivity contribution in [2.24, 2.45) is 11.8 Å². The van der Waals surface area contributed by atoms with Crippen molar-refractivity contribution in [3.05, 3.63) is 0 Å². The maximum Gasteiger partial charge on any atom is 0.0471 e. The lowest BCUT2D eigenvalue weighted by molar-refractivity contribution is 0.196. The lowest BCUT2D eigenvalue weighted by atomic mass is 10.0. The Morgan fingerprint density at radius 3 is 2.54 bits per heavy atom. The van der Waals surface area contributed by atoms with Crippen molar-refractivity contribution in [2.75, 3.05) is 6.61 Å². The van der Waals surface area contributed by atoms with E-state index in [9.17, 15) is 0 Å². The van der Waals surface area contributed by atoms with E-state index in [1.165, 1.54) is 19.3 Å². The van der Waals surface area contributed by atoms with Crippen molar-refractivity contribution in [3.63, 3.8) is 0 Å². The van der Waals surface area contributed by atoms with Crippen LogP contribution in [0, 0.1) is 11.8 Å². The fourth-order valence-corrected chi connectivity index (χ4v) is 2.05. The van der Waals surface area contributed by atoms with Gasteiger partial charge in [-0.1, -0.05) is 20.3 Å². The topological polar surface area (TPSA) is 32.3 Å². The first-order valence-corrected chi connectivity index (χ1v) is 5.52. The first-order valence-electron chi connectivity index (χ1n) is 5.52. The summed E-state index contributed by atoms with van der Waals surface area (Å²) in [5.74, 6) is 1.18. The number of nitrogens with one attached hydrogen (secondary N) is 1. The highest BCUT2D eigenvalue weighted by Crippen LogP contribution is 2.25. The van der Waals surface area contributed by atoms with Gasteiger partial charge in [0.05, 0.1) is 0 Å². The van der Waals surface area contributed by atoms with Crippen LogP contribution in [-0.4, -0.2) is 23.8 Å². The largest absolute Gasteiger partial charge is 0.396 e. The van der Waals surface area contributed by atoms with E-state index in [2.05, 4.69) is 26.1 Å². The summed E-state index contributed by atoms with van der Waals surface area (Å²) in [7, 11) is 0. The van der Waals surface area contributed by atoms with Gasteiger partial charge in [-0.2, -0.15) is 0 Å². The van der Waals surface area contributed by atoms with Gasteiger partial charge in [-0.25, -0.2) is 0 Å². The van der Waals surface area contributed by atoms with E-state index in [-0.39, 0.29) is 6.61 Å². The lowest BCUT2D eigenvalue weighted by Gasteiger charge is -2.26. The normalized spacial score (nSPS) is 33.2. The standard InChI is InChI=1S/C11H23NO/c1-8-5-4-6-11(8)12-10(3)9(2)7-13/h8-13H,4-7H2,1-3H3. The van der Waals surface area contributed by atoms with Gasteiger partial charge in [0.2, 0.25) is 0 Å². The summed E-state index contributed by atoms with van der Waals surface area (Å²) in [6, 6.07) is 1.12. The Morgan fingerprint density at radius 2 is 2.08 bits per heavy atom. The summed E-state index contributed by atoms with van der Waals surface area (Å²) in [6.45, 7) is 6.87. The van der Waals surface area contributed by atoms with Crippen LogP contribution in [0.2, 0.25) is 0 Å². The Hall–Kier alpha value is -0.0800. The summed E-state index contributed by atoms with van der Waals surface area (Å²) in [4.78, 5) is 0. The minimum Gasteiger partial charge on any atom is -0.396 e. The summed E-state index contributed by atoms with van der Waals surface area (Å²) in [5.41, 5.74) is 0. The molecule has 0 aliphatic heterocycles. The Balaban J connectivity index is 2.30. The van der Waals surface area contributed by atoms with E-state index in [1.807, 2.05) is 0 Å². The van der Waals surface area contributed by atoms with Gasteiger partial charge in [0, 0.05) is 18.7 Å². The maximum absolute atomic E-state index is 9.01. The maximum atomic E-state index is 9.01. The zero-order valence-electron chi connectivity index (χ0n) is 9.09. The summed E-state index contributed by atoms with van der Waals surface area (Å²) in [5, 5.41) is 12.6. The molecule has 1 aliphatic rings. The molecule has 2 nitrogen and oxygen atoms in total. The number of aliphatic hydroxyl groups excluding tert-OH is 1. The fraction of sp³-hybridized carbons (Fsp3) is 1.00. The molecular weight excluding hydrogens is 162 g/mol. The van der Waals surface area contributed by atoms with Crippen molar-refractivity contribution in [3.8, 4) is 0 Å². The summed E-state index contributed by atoms with van der Waals surface area (Å²) in [6.07, 6.45) is 4.03. The first kappa shape index (κ1) is 11.0. The molecule has 1 rings (SSSR count). The predicted octanol–water partition coefficient (Wildman–Crippen LogP) is 1.78. The zero-order valence-corrected chi connectivity index (χ0v) is 9.09. The molecule has 0 radical (unpaired) electrons. The van der Waals surface area contributed by atoms with Crippen LogP contribution in [0.4, 0.5) is 0 Å². The third-order valence-corrected chi connectivity index (χ3v) is 3.48. The van der Waals surface area contributed by atoms with Gasteiger partial charge in [-0.05, 0) is 31.6 Å². The van der Waals surface area contributed by atoms with Crippen LogP contribution >= 0.6 is 0 Å². The van der Waals surface area contributed by atoms with Crippen LogP contribution in [0.1, 0.15) is 40.0 Å². The van der Waals surface area contributed by atoms with Gasteiger partial charge in [0.1, 0.15) is 0 Å². The van der Waals surface area contributed by atoms with E-state index in [1.54, 1.807) is 0 Å². The predicted molar refractivity (Wildman–Crippen MR) is 55.7 cm³/mol. The highest BCUT2D eigenvalue weighted by atomic mass is 16.3. The molecule has 78 valence electrons. The number of aliphatic hydroxyl groups is 1. The van der Waals surface area contributed by atoms with E-state index in [0.29, 0.717) is 18.0 Å². The quantitative estimate of drug-likeness (QED) is 0.700. The molecule has 13 heavy (non-hydrogen) atoms. The van der Waals surface area contributed by atoms with Gasteiger partial charge < -0.3 is 10.4 Å². The van der Waals surface area contributed by atoms with Gasteiger partial charge >= 0.3 is 0 Å². The number of hydrogen-bond acceptors (Lipinski definition) is 2. The van der Waals surface area contributed by atoms with E-state index >= 15 is 0 Å². The molecule has 4 unspecified atom stereocenters. The summed E-state index contributed by atoms with van der Waals surface area (Å²) < 4.78 is 0. The third kappa shape index (κ3) is 2.96. The third-order valence-electron chi connectivity index (χ3n) is 3.48. The Kier molecular flexibility index (Phi) is 4.20. The average molecular weight is 185 g/mol. The molecule has 1 saturated carbocycles. The minimum absolute atomic E-state index is 0.287. The molecule has 1 fully saturated rings. The van der Waals surface area contributed by atoms with E-state index in [0.717, 1.165) is 5.92 Å². The molecule has 0 heterocycles. The van der Waals surface area contributed by atoms with Gasteiger partial charge in [0.15, 0.2) is 0 Å². The number of rotatable bonds is 4. The molecule has 0 aromatic heterocycles. The highest BCUT2D eigenvalue weighted by Gasteiger charge is 2.25. The van der Waals surface area contributed by atoms with Gasteiger partial charge in [-0.15, -0.1) is 0 Å². The Bertz CT molecular complexity index is 149. The highest BCUT2D eigenvalue weighted by molar-refractivity contribution is 4.83. The molecule has 4 atom stereocenters. The average Bonchev–Trinajstić information content (AvgIpc) is 2.50. The molecule has 2 N–H and O–H groups in total. The second-order valence-electron chi connectivity index (χ2n) is 4.63. The molecule has 2 heteroatoms. The van der Waals surface area contributed by atoms with E-state index in [4.69, 9.17) is 5.11 Å². The van der Waals surface area contributed by atoms with Crippen LogP contribution < -0.4 is 5.32 Å². The van der Waals surface area contributed by atoms with Crippen molar-refractivity contribution in [1.29, 1.82) is 0 Å². The molecule has 0 amide bonds. The molecule has 1 aliphatic carbocycles. The SMILES string of the molecule is CC(CO)C(C)NC1CCCC1C. The first-order chi connectivity index (χ1) is 6.15. The smallest absolute Gasteiger partial charge is 0.0471 e. The van der Waals surface area contributed by atoms with Crippen LogP contribution in [0.5, 0.6) is 0 Å². The van der Waals surface area contributed by atoms with Gasteiger partial charge in [0.25, 0.3) is 0 Å². The molecular formula is C11H23NO. The molecule has 0 aromatic rings. The van der Waals surface area contributed by atoms with Crippen molar-refractivity contribution < 1.29 is 5.11 Å². The van der Waals surface area contributed by atoms with Crippen LogP contribution in [-0.2, 0) is 0 Å². The molecule has 0 spiro atoms. The zero-order chi connectivity index (χ0) is 9.84. The number of hydrogen-bond donors (Lipinski definition) is 2. The van der Waals surface area contributed by atoms with Crippen molar-refractivity contribution in [1.82, 2.24) is 5.32 Å². The minimum atomic E-state index is 0.287. The second-order valence-corrected chi connectivity index (χ2v) is 4.63. The Labute approximate surface area is 81.7 Å². The van der Waals surface area contributed by atoms with Crippen molar-refractivity contribution in [2.45, 2.75) is 52.1 Å². The lowest BCUT2D eigenvalue weighted by Crippen LogP contribution is -2.42. The molecule has 0 bridgehead atoms. The monoisotopic (exact) mass is 185 g/mol. The Morgan fingerprint density at radius 1 is 1.38 bits per heavy atom. The second kappa shape index (κ2) is 4.97. The fourth-order valence-electron chi connectivity index (χ4n) is 2.05. The van der Waals surface area contributed by atoms with Gasteiger partial charge in [-0.3, -0.25) is 0 Å². The van der Waals surface area contributed by atoms with Crippen LogP contribution in [0.25, 0.3) is 0 Å². The summed E-state index contributed by atoms with van der Waals surface area (Å²) >= 11 is 0. The van der Waals surface area contributed by atoms with Crippen LogP contribution in [0.3, 0.4) is 0 Å². The van der Waals surface area contributed by atoms with Crippen LogP contribution in [0.15, 0.2) is 0 Å². The van der Waals surface area contributed by atoms with Crippen molar-refractivity contribution >= 4 is 0 Å².